The summed E-state index contributed by atoms with van der Waals surface area (Å²) in [6, 6.07) is 6.01. The number of nitrogens with zero attached hydrogens (tertiary/aromatic N) is 2. The number of nitrogen functional groups attached to an aromatic ring is 1. The highest BCUT2D eigenvalue weighted by Crippen LogP contribution is 2.29. The summed E-state index contributed by atoms with van der Waals surface area (Å²) in [6.45, 7) is 9.48. The predicted octanol–water partition coefficient (Wildman–Crippen LogP) is 1.33. The summed E-state index contributed by atoms with van der Waals surface area (Å²) < 4.78 is 7.13. The van der Waals surface area contributed by atoms with Gasteiger partial charge < -0.3 is 15.5 Å². The molecule has 1 atom stereocenters. The predicted molar refractivity (Wildman–Crippen MR) is 108 cm³/mol. The summed E-state index contributed by atoms with van der Waals surface area (Å²) in [5.41, 5.74) is 3.08. The van der Waals surface area contributed by atoms with Gasteiger partial charge >= 0.3 is 0 Å². The van der Waals surface area contributed by atoms with Crippen molar-refractivity contribution in [2.75, 3.05) is 18.9 Å². The van der Waals surface area contributed by atoms with E-state index in [-0.39, 0.29) is 12.2 Å². The highest BCUT2D eigenvalue weighted by atomic mass is 32.1. The van der Waals surface area contributed by atoms with Gasteiger partial charge in [0.25, 0.3) is 5.56 Å². The van der Waals surface area contributed by atoms with Gasteiger partial charge in [0, 0.05) is 6.42 Å². The Labute approximate surface area is 162 Å². The lowest BCUT2D eigenvalue weighted by molar-refractivity contribution is -0.913. The summed E-state index contributed by atoms with van der Waals surface area (Å²) >= 11 is 1.63. The zero-order chi connectivity index (χ0) is 19.1. The van der Waals surface area contributed by atoms with E-state index in [0.717, 1.165) is 58.0 Å². The van der Waals surface area contributed by atoms with Gasteiger partial charge in [0.05, 0.1) is 23.4 Å². The fraction of sp³-hybridized carbons (Fsp3) is 0.400. The fourth-order valence-corrected chi connectivity index (χ4v) is 5.10. The van der Waals surface area contributed by atoms with Crippen LogP contribution in [0.3, 0.4) is 0 Å². The number of rotatable bonds is 4. The largest absolute Gasteiger partial charge is 0.485 e. The van der Waals surface area contributed by atoms with Gasteiger partial charge in [-0.25, -0.2) is 9.66 Å². The molecule has 27 heavy (non-hydrogen) atoms. The normalized spacial score (nSPS) is 16.5. The van der Waals surface area contributed by atoms with E-state index in [0.29, 0.717) is 11.2 Å². The number of nitrogens with one attached hydrogen (secondary N) is 1. The van der Waals surface area contributed by atoms with Crippen LogP contribution in [0.25, 0.3) is 10.2 Å². The van der Waals surface area contributed by atoms with Gasteiger partial charge in [-0.05, 0) is 37.5 Å². The molecule has 3 N–H and O–H groups in total. The zero-order valence-electron chi connectivity index (χ0n) is 16.0. The first-order valence-electron chi connectivity index (χ1n) is 9.33. The minimum Gasteiger partial charge on any atom is -0.485 e. The van der Waals surface area contributed by atoms with E-state index in [1.54, 1.807) is 16.2 Å². The van der Waals surface area contributed by atoms with Crippen LogP contribution >= 0.6 is 11.3 Å². The van der Waals surface area contributed by atoms with E-state index in [4.69, 9.17) is 10.6 Å². The van der Waals surface area contributed by atoms with Crippen molar-refractivity contribution >= 4 is 21.6 Å². The summed E-state index contributed by atoms with van der Waals surface area (Å²) in [4.78, 5) is 21.2. The maximum absolute atomic E-state index is 12.9. The molecule has 0 radical (unpaired) electrons. The highest BCUT2D eigenvalue weighted by molar-refractivity contribution is 7.18. The van der Waals surface area contributed by atoms with E-state index in [1.807, 2.05) is 32.0 Å². The number of para-hydroxylation sites is 1. The molecule has 4 rings (SSSR count). The number of aromatic nitrogens is 2. The molecule has 0 saturated carbocycles. The van der Waals surface area contributed by atoms with E-state index in [9.17, 15) is 4.79 Å². The van der Waals surface area contributed by atoms with E-state index in [2.05, 4.69) is 11.9 Å². The van der Waals surface area contributed by atoms with Gasteiger partial charge in [-0.3, -0.25) is 4.79 Å². The van der Waals surface area contributed by atoms with Crippen LogP contribution in [0.5, 0.6) is 5.75 Å². The van der Waals surface area contributed by atoms with Gasteiger partial charge in [-0.2, -0.15) is 0 Å². The second kappa shape index (κ2) is 6.98. The third-order valence-electron chi connectivity index (χ3n) is 5.41. The molecule has 1 aliphatic rings. The molecular weight excluding hydrogens is 360 g/mol. The number of likely N-dealkylation sites (N-methyl/N-ethyl adjacent to an activating group) is 1. The zero-order valence-corrected chi connectivity index (χ0v) is 16.8. The average molecular weight is 386 g/mol. The highest BCUT2D eigenvalue weighted by Gasteiger charge is 2.26. The molecule has 1 aromatic carbocycles. The number of aryl methyl sites for hydroxylation is 2. The average Bonchev–Trinajstić information content (AvgIpc) is 3.02. The standard InChI is InChI=1S/C20H24N4O2S/c1-4-23-9-8-14-15(10-23)27-19-17(14)20(25)24(21)16(22-19)11-26-18-12(2)6-5-7-13(18)3/h5-7H,4,8-11,21H2,1-3H3/p+1. The summed E-state index contributed by atoms with van der Waals surface area (Å²) in [5, 5.41) is 0.698. The Bertz CT molecular complexity index is 1050. The lowest BCUT2D eigenvalue weighted by atomic mass is 10.1. The van der Waals surface area contributed by atoms with Crippen LogP contribution in [0.4, 0.5) is 0 Å². The molecule has 3 heterocycles. The Balaban J connectivity index is 1.71. The van der Waals surface area contributed by atoms with Crippen molar-refractivity contribution in [2.24, 2.45) is 0 Å². The molecule has 0 fully saturated rings. The van der Waals surface area contributed by atoms with Crippen LogP contribution in [0.1, 0.15) is 34.3 Å². The Morgan fingerprint density at radius 2 is 2.07 bits per heavy atom. The molecule has 7 heteroatoms. The maximum atomic E-state index is 12.9. The third kappa shape index (κ3) is 3.11. The number of nitrogens with two attached hydrogens (primary N) is 1. The van der Waals surface area contributed by atoms with Gasteiger partial charge in [0.1, 0.15) is 23.7 Å². The first-order chi connectivity index (χ1) is 13.0. The smallest absolute Gasteiger partial charge is 0.281 e. The Morgan fingerprint density at radius 3 is 2.78 bits per heavy atom. The lowest BCUT2D eigenvalue weighted by Crippen LogP contribution is -3.11. The van der Waals surface area contributed by atoms with Crippen molar-refractivity contribution in [3.63, 3.8) is 0 Å². The van der Waals surface area contributed by atoms with Crippen molar-refractivity contribution in [3.05, 3.63) is 55.9 Å². The van der Waals surface area contributed by atoms with E-state index >= 15 is 0 Å². The molecule has 0 bridgehead atoms. The number of ether oxygens (including phenoxy) is 1. The topological polar surface area (TPSA) is 74.6 Å². The number of hydrogen-bond acceptors (Lipinski definition) is 5. The van der Waals surface area contributed by atoms with Crippen LogP contribution in [0.15, 0.2) is 23.0 Å². The van der Waals surface area contributed by atoms with E-state index < -0.39 is 0 Å². The molecule has 3 aromatic rings. The Kier molecular flexibility index (Phi) is 4.65. The van der Waals surface area contributed by atoms with Gasteiger partial charge in [-0.1, -0.05) is 18.2 Å². The minimum atomic E-state index is -0.169. The molecular formula is C20H25N4O2S+. The maximum Gasteiger partial charge on any atom is 0.281 e. The molecule has 1 aliphatic heterocycles. The fourth-order valence-electron chi connectivity index (χ4n) is 3.80. The summed E-state index contributed by atoms with van der Waals surface area (Å²) in [5.74, 6) is 7.37. The Hall–Kier alpha value is -2.38. The van der Waals surface area contributed by atoms with E-state index in [1.165, 1.54) is 4.88 Å². The quantitative estimate of drug-likeness (QED) is 0.665. The lowest BCUT2D eigenvalue weighted by Gasteiger charge is -2.22. The van der Waals surface area contributed by atoms with Crippen molar-refractivity contribution in [1.29, 1.82) is 0 Å². The molecule has 1 unspecified atom stereocenters. The van der Waals surface area contributed by atoms with Crippen molar-refractivity contribution in [3.8, 4) is 5.75 Å². The monoisotopic (exact) mass is 385 g/mol. The second-order valence-corrected chi connectivity index (χ2v) is 8.26. The first-order valence-corrected chi connectivity index (χ1v) is 10.1. The number of benzene rings is 1. The molecule has 0 spiro atoms. The third-order valence-corrected chi connectivity index (χ3v) is 6.53. The molecule has 6 nitrogen and oxygen atoms in total. The van der Waals surface area contributed by atoms with Crippen molar-refractivity contribution < 1.29 is 9.64 Å². The molecule has 2 aromatic heterocycles. The molecule has 0 saturated heterocycles. The van der Waals surface area contributed by atoms with Gasteiger partial charge in [0.2, 0.25) is 0 Å². The van der Waals surface area contributed by atoms with Crippen LogP contribution in [-0.4, -0.2) is 22.7 Å². The van der Waals surface area contributed by atoms with Gasteiger partial charge in [0.15, 0.2) is 5.82 Å². The van der Waals surface area contributed by atoms with Gasteiger partial charge in [-0.15, -0.1) is 11.3 Å². The number of hydrogen-bond donors (Lipinski definition) is 2. The minimum absolute atomic E-state index is 0.169. The Morgan fingerprint density at radius 1 is 1.33 bits per heavy atom. The number of quaternary nitrogens is 1. The first kappa shape index (κ1) is 18.0. The molecule has 0 aliphatic carbocycles. The second-order valence-electron chi connectivity index (χ2n) is 7.18. The summed E-state index contributed by atoms with van der Waals surface area (Å²) in [7, 11) is 0. The number of fused-ring (bicyclic) bond motifs is 3. The SMILES string of the molecule is CC[NH+]1CCc2c(sc3nc(COc4c(C)cccc4C)n(N)c(=O)c23)C1. The molecule has 142 valence electrons. The van der Waals surface area contributed by atoms with Crippen molar-refractivity contribution in [1.82, 2.24) is 9.66 Å². The van der Waals surface area contributed by atoms with Crippen LogP contribution in [0, 0.1) is 13.8 Å². The van der Waals surface area contributed by atoms with Crippen molar-refractivity contribution in [2.45, 2.75) is 40.3 Å². The summed E-state index contributed by atoms with van der Waals surface area (Å²) in [6.07, 6.45) is 0.910. The van der Waals surface area contributed by atoms with Crippen LogP contribution in [0.2, 0.25) is 0 Å². The van der Waals surface area contributed by atoms with Crippen LogP contribution in [-0.2, 0) is 19.6 Å². The number of thiophene rings is 1. The molecule has 0 amide bonds. The van der Waals surface area contributed by atoms with Crippen LogP contribution < -0.4 is 21.0 Å².